The first-order chi connectivity index (χ1) is 7.04. The Balaban J connectivity index is 2.82. The first kappa shape index (κ1) is 12.0. The van der Waals surface area contributed by atoms with E-state index in [4.69, 9.17) is 10.5 Å². The minimum absolute atomic E-state index is 0.102. The van der Waals surface area contributed by atoms with Crippen LogP contribution in [0.25, 0.3) is 0 Å². The van der Waals surface area contributed by atoms with Crippen molar-refractivity contribution in [2.75, 3.05) is 0 Å². The minimum Gasteiger partial charge on any atom is -0.491 e. The molecule has 0 amide bonds. The number of ether oxygens (including phenoxy) is 1. The highest BCUT2D eigenvalue weighted by atomic mass is 19.1. The van der Waals surface area contributed by atoms with E-state index in [0.29, 0.717) is 11.3 Å². The van der Waals surface area contributed by atoms with Gasteiger partial charge in [0.2, 0.25) is 0 Å². The van der Waals surface area contributed by atoms with Gasteiger partial charge >= 0.3 is 0 Å². The fourth-order valence-electron chi connectivity index (χ4n) is 1.27. The van der Waals surface area contributed by atoms with E-state index in [0.717, 1.165) is 6.42 Å². The lowest BCUT2D eigenvalue weighted by atomic mass is 10.1. The molecule has 2 atom stereocenters. The highest BCUT2D eigenvalue weighted by molar-refractivity contribution is 5.30. The largest absolute Gasteiger partial charge is 0.491 e. The van der Waals surface area contributed by atoms with E-state index in [-0.39, 0.29) is 18.0 Å². The van der Waals surface area contributed by atoms with Crippen LogP contribution in [0.15, 0.2) is 18.2 Å². The summed E-state index contributed by atoms with van der Waals surface area (Å²) in [7, 11) is 0. The van der Waals surface area contributed by atoms with Crippen molar-refractivity contribution in [3.63, 3.8) is 0 Å². The van der Waals surface area contributed by atoms with Gasteiger partial charge < -0.3 is 10.5 Å². The van der Waals surface area contributed by atoms with Gasteiger partial charge in [0, 0.05) is 17.7 Å². The van der Waals surface area contributed by atoms with Gasteiger partial charge in [-0.2, -0.15) is 0 Å². The molecule has 0 radical (unpaired) electrons. The summed E-state index contributed by atoms with van der Waals surface area (Å²) in [5.41, 5.74) is 6.13. The second-order valence-electron chi connectivity index (χ2n) is 3.81. The zero-order valence-electron chi connectivity index (χ0n) is 9.46. The van der Waals surface area contributed by atoms with Crippen LogP contribution in [-0.2, 0) is 0 Å². The maximum absolute atomic E-state index is 13.5. The molecule has 1 rings (SSSR count). The smallest absolute Gasteiger partial charge is 0.131 e. The summed E-state index contributed by atoms with van der Waals surface area (Å²) < 4.78 is 19.0. The second-order valence-corrected chi connectivity index (χ2v) is 3.81. The maximum Gasteiger partial charge on any atom is 0.131 e. The first-order valence-electron chi connectivity index (χ1n) is 5.26. The molecule has 1 unspecified atom stereocenters. The molecule has 0 spiro atoms. The van der Waals surface area contributed by atoms with Crippen molar-refractivity contribution in [3.8, 4) is 5.75 Å². The third-order valence-electron chi connectivity index (χ3n) is 2.37. The van der Waals surface area contributed by atoms with Crippen LogP contribution in [0.4, 0.5) is 4.39 Å². The van der Waals surface area contributed by atoms with Crippen molar-refractivity contribution < 1.29 is 9.13 Å². The molecule has 0 aliphatic heterocycles. The lowest BCUT2D eigenvalue weighted by molar-refractivity contribution is 0.216. The first-order valence-corrected chi connectivity index (χ1v) is 5.26. The van der Waals surface area contributed by atoms with Crippen LogP contribution >= 0.6 is 0 Å². The van der Waals surface area contributed by atoms with E-state index in [1.807, 2.05) is 13.8 Å². The van der Waals surface area contributed by atoms with Gasteiger partial charge in [0.1, 0.15) is 11.6 Å². The molecule has 2 nitrogen and oxygen atoms in total. The molecule has 3 heteroatoms. The Bertz CT molecular complexity index is 325. The van der Waals surface area contributed by atoms with Gasteiger partial charge in [-0.25, -0.2) is 4.39 Å². The van der Waals surface area contributed by atoms with Gasteiger partial charge in [-0.1, -0.05) is 13.0 Å². The Morgan fingerprint density at radius 1 is 1.40 bits per heavy atom. The van der Waals surface area contributed by atoms with Crippen molar-refractivity contribution in [2.24, 2.45) is 5.73 Å². The molecule has 0 saturated carbocycles. The van der Waals surface area contributed by atoms with Gasteiger partial charge in [0.25, 0.3) is 0 Å². The summed E-state index contributed by atoms with van der Waals surface area (Å²) in [6.45, 7) is 5.74. The highest BCUT2D eigenvalue weighted by Gasteiger charge is 2.09. The van der Waals surface area contributed by atoms with Gasteiger partial charge in [-0.15, -0.1) is 0 Å². The Morgan fingerprint density at radius 3 is 2.53 bits per heavy atom. The second kappa shape index (κ2) is 5.12. The van der Waals surface area contributed by atoms with E-state index < -0.39 is 0 Å². The van der Waals surface area contributed by atoms with Crippen LogP contribution < -0.4 is 10.5 Å². The number of halogens is 1. The molecule has 2 N–H and O–H groups in total. The fraction of sp³-hybridized carbons (Fsp3) is 0.500. The molecule has 0 aliphatic rings. The average Bonchev–Trinajstić information content (AvgIpc) is 2.17. The quantitative estimate of drug-likeness (QED) is 0.830. The summed E-state index contributed by atoms with van der Waals surface area (Å²) in [4.78, 5) is 0. The number of nitrogens with two attached hydrogens (primary N) is 1. The lowest BCUT2D eigenvalue weighted by Crippen LogP contribution is -2.11. The molecule has 84 valence electrons. The lowest BCUT2D eigenvalue weighted by Gasteiger charge is -2.14. The Morgan fingerprint density at radius 2 is 2.07 bits per heavy atom. The molecular weight excluding hydrogens is 193 g/mol. The van der Waals surface area contributed by atoms with Gasteiger partial charge in [0.05, 0.1) is 6.10 Å². The van der Waals surface area contributed by atoms with Gasteiger partial charge in [0.15, 0.2) is 0 Å². The fourth-order valence-corrected chi connectivity index (χ4v) is 1.27. The van der Waals surface area contributed by atoms with E-state index >= 15 is 0 Å². The van der Waals surface area contributed by atoms with Crippen molar-refractivity contribution >= 4 is 0 Å². The molecule has 0 saturated heterocycles. The predicted molar refractivity (Wildman–Crippen MR) is 59.4 cm³/mol. The van der Waals surface area contributed by atoms with Crippen LogP contribution in [0.3, 0.4) is 0 Å². The molecule has 0 heterocycles. The average molecular weight is 211 g/mol. The van der Waals surface area contributed by atoms with E-state index in [1.165, 1.54) is 6.07 Å². The van der Waals surface area contributed by atoms with Crippen molar-refractivity contribution in [3.05, 3.63) is 29.6 Å². The summed E-state index contributed by atoms with van der Waals surface area (Å²) in [6, 6.07) is 4.54. The van der Waals surface area contributed by atoms with Crippen LogP contribution in [0.2, 0.25) is 0 Å². The SMILES string of the molecule is CCC(C)Oc1ccc([C@@H](C)N)c(F)c1. The van der Waals surface area contributed by atoms with Crippen molar-refractivity contribution in [1.29, 1.82) is 0 Å². The van der Waals surface area contributed by atoms with Crippen LogP contribution in [-0.4, -0.2) is 6.10 Å². The normalized spacial score (nSPS) is 14.7. The Hall–Kier alpha value is -1.09. The molecule has 1 aromatic carbocycles. The summed E-state index contributed by atoms with van der Waals surface area (Å²) in [5.74, 6) is 0.261. The highest BCUT2D eigenvalue weighted by Crippen LogP contribution is 2.21. The molecular formula is C12H18FNO. The van der Waals surface area contributed by atoms with Crippen LogP contribution in [0.1, 0.15) is 38.8 Å². The third kappa shape index (κ3) is 3.20. The molecule has 15 heavy (non-hydrogen) atoms. The van der Waals surface area contributed by atoms with E-state index in [2.05, 4.69) is 0 Å². The van der Waals surface area contributed by atoms with Gasteiger partial charge in [-0.3, -0.25) is 0 Å². The molecule has 0 bridgehead atoms. The number of hydrogen-bond donors (Lipinski definition) is 1. The third-order valence-corrected chi connectivity index (χ3v) is 2.37. The zero-order valence-corrected chi connectivity index (χ0v) is 9.46. The summed E-state index contributed by atoms with van der Waals surface area (Å²) >= 11 is 0. The Labute approximate surface area is 90.2 Å². The van der Waals surface area contributed by atoms with Gasteiger partial charge in [-0.05, 0) is 26.3 Å². The Kier molecular flexibility index (Phi) is 4.09. The van der Waals surface area contributed by atoms with E-state index in [1.54, 1.807) is 19.1 Å². The molecule has 1 aromatic rings. The summed E-state index contributed by atoms with van der Waals surface area (Å²) in [5, 5.41) is 0. The summed E-state index contributed by atoms with van der Waals surface area (Å²) in [6.07, 6.45) is 1.00. The monoisotopic (exact) mass is 211 g/mol. The van der Waals surface area contributed by atoms with Crippen molar-refractivity contribution in [1.82, 2.24) is 0 Å². The van der Waals surface area contributed by atoms with E-state index in [9.17, 15) is 4.39 Å². The van der Waals surface area contributed by atoms with Crippen LogP contribution in [0.5, 0.6) is 5.75 Å². The standard InChI is InChI=1S/C12H18FNO/c1-4-8(2)15-10-5-6-11(9(3)14)12(13)7-10/h5-9H,4,14H2,1-3H3/t8?,9-/m1/s1. The minimum atomic E-state index is -0.300. The number of hydrogen-bond acceptors (Lipinski definition) is 2. The molecule has 0 aliphatic carbocycles. The topological polar surface area (TPSA) is 35.2 Å². The number of rotatable bonds is 4. The van der Waals surface area contributed by atoms with Crippen molar-refractivity contribution in [2.45, 2.75) is 39.3 Å². The molecule has 0 aromatic heterocycles. The number of benzene rings is 1. The van der Waals surface area contributed by atoms with Crippen LogP contribution in [0, 0.1) is 5.82 Å². The predicted octanol–water partition coefficient (Wildman–Crippen LogP) is 3.02. The maximum atomic E-state index is 13.5. The molecule has 0 fully saturated rings. The zero-order chi connectivity index (χ0) is 11.4.